The number of aromatic nitrogens is 5. The van der Waals surface area contributed by atoms with Gasteiger partial charge in [0.25, 0.3) is 0 Å². The largest absolute Gasteiger partial charge is 0.497 e. The van der Waals surface area contributed by atoms with Crippen LogP contribution in [0.4, 0.5) is 6.01 Å². The number of benzene rings is 2. The van der Waals surface area contributed by atoms with Crippen LogP contribution < -0.4 is 10.1 Å². The van der Waals surface area contributed by atoms with E-state index in [0.29, 0.717) is 11.8 Å². The molecule has 136 valence electrons. The molecule has 1 atom stereocenters. The summed E-state index contributed by atoms with van der Waals surface area (Å²) in [5.74, 6) is 1.22. The van der Waals surface area contributed by atoms with Crippen LogP contribution in [0.25, 0.3) is 17.1 Å². The van der Waals surface area contributed by atoms with Gasteiger partial charge in [0.2, 0.25) is 5.82 Å². The number of nitrogens with one attached hydrogen (secondary N) is 1. The molecule has 0 saturated carbocycles. The average Bonchev–Trinajstić information content (AvgIpc) is 3.39. The molecule has 4 rings (SSSR count). The van der Waals surface area contributed by atoms with Crippen molar-refractivity contribution < 1.29 is 9.26 Å². The molecule has 0 radical (unpaired) electrons. The number of hydrogen-bond donors (Lipinski definition) is 1. The van der Waals surface area contributed by atoms with Gasteiger partial charge in [-0.05, 0) is 31.2 Å². The zero-order valence-electron chi connectivity index (χ0n) is 14.9. The predicted octanol–water partition coefficient (Wildman–Crippen LogP) is 3.50. The molecule has 0 aliphatic heterocycles. The van der Waals surface area contributed by atoms with E-state index in [-0.39, 0.29) is 6.04 Å². The predicted molar refractivity (Wildman–Crippen MR) is 99.7 cm³/mol. The lowest BCUT2D eigenvalue weighted by molar-refractivity contribution is 0.414. The second-order valence-corrected chi connectivity index (χ2v) is 5.94. The first-order chi connectivity index (χ1) is 13.2. The molecule has 0 aliphatic carbocycles. The van der Waals surface area contributed by atoms with Crippen molar-refractivity contribution in [3.8, 4) is 22.8 Å². The molecule has 0 spiro atoms. The first kappa shape index (κ1) is 16.8. The minimum atomic E-state index is -0.152. The highest BCUT2D eigenvalue weighted by Gasteiger charge is 2.15. The van der Waals surface area contributed by atoms with Crippen molar-refractivity contribution in [2.45, 2.75) is 13.0 Å². The normalized spacial score (nSPS) is 11.9. The quantitative estimate of drug-likeness (QED) is 0.561. The smallest absolute Gasteiger partial charge is 0.322 e. The van der Waals surface area contributed by atoms with Gasteiger partial charge in [-0.1, -0.05) is 40.7 Å². The minimum Gasteiger partial charge on any atom is -0.497 e. The number of hydrogen-bond acceptors (Lipinski definition) is 7. The molecule has 0 amide bonds. The van der Waals surface area contributed by atoms with Crippen LogP contribution in [-0.2, 0) is 0 Å². The van der Waals surface area contributed by atoms with Gasteiger partial charge >= 0.3 is 6.01 Å². The summed E-state index contributed by atoms with van der Waals surface area (Å²) in [5.41, 5.74) is 2.52. The topological polar surface area (TPSA) is 90.9 Å². The third-order valence-electron chi connectivity index (χ3n) is 4.07. The minimum absolute atomic E-state index is 0.152. The molecule has 8 nitrogen and oxygen atoms in total. The molecule has 1 N–H and O–H groups in total. The number of nitrogens with zero attached hydrogens (tertiary/aromatic N) is 5. The van der Waals surface area contributed by atoms with Crippen LogP contribution in [0.15, 0.2) is 65.3 Å². The number of anilines is 1. The maximum absolute atomic E-state index is 5.31. The zero-order valence-corrected chi connectivity index (χ0v) is 14.9. The number of ether oxygens (including phenoxy) is 1. The summed E-state index contributed by atoms with van der Waals surface area (Å²) in [6.07, 6.45) is 1.87. The third-order valence-corrected chi connectivity index (χ3v) is 4.07. The highest BCUT2D eigenvalue weighted by Crippen LogP contribution is 2.24. The summed E-state index contributed by atoms with van der Waals surface area (Å²) < 4.78 is 12.3. The van der Waals surface area contributed by atoms with E-state index in [4.69, 9.17) is 9.26 Å². The Morgan fingerprint density at radius 2 is 1.96 bits per heavy atom. The lowest BCUT2D eigenvalue weighted by Crippen LogP contribution is -2.07. The summed E-state index contributed by atoms with van der Waals surface area (Å²) >= 11 is 0. The monoisotopic (exact) mass is 362 g/mol. The van der Waals surface area contributed by atoms with Gasteiger partial charge in [-0.15, -0.1) is 5.10 Å². The summed E-state index contributed by atoms with van der Waals surface area (Å²) in [5, 5.41) is 15.6. The van der Waals surface area contributed by atoms with Crippen molar-refractivity contribution in [3.63, 3.8) is 0 Å². The number of rotatable bonds is 6. The fraction of sp³-hybridized carbons (Fsp3) is 0.158. The van der Waals surface area contributed by atoms with Crippen LogP contribution in [0.1, 0.15) is 18.7 Å². The van der Waals surface area contributed by atoms with Crippen LogP contribution >= 0.6 is 0 Å². The van der Waals surface area contributed by atoms with E-state index >= 15 is 0 Å². The Balaban J connectivity index is 1.48. The Bertz CT molecular complexity index is 1030. The van der Waals surface area contributed by atoms with Crippen LogP contribution in [0.3, 0.4) is 0 Å². The molecule has 0 saturated heterocycles. The van der Waals surface area contributed by atoms with Crippen LogP contribution in [0.2, 0.25) is 0 Å². The maximum atomic E-state index is 5.31. The maximum Gasteiger partial charge on any atom is 0.322 e. The molecule has 4 aromatic rings. The van der Waals surface area contributed by atoms with Crippen molar-refractivity contribution in [3.05, 3.63) is 66.5 Å². The summed E-state index contributed by atoms with van der Waals surface area (Å²) in [6.45, 7) is 1.95. The van der Waals surface area contributed by atoms with E-state index in [0.717, 1.165) is 22.7 Å². The van der Waals surface area contributed by atoms with Crippen molar-refractivity contribution in [1.29, 1.82) is 0 Å². The SMILES string of the molecule is COc1cccc(-c2noc(NC(C)c3cn(-c4ccccc4)nn3)n2)c1. The fourth-order valence-electron chi connectivity index (χ4n) is 2.60. The molecular formula is C19H18N6O2. The molecule has 2 aromatic carbocycles. The lowest BCUT2D eigenvalue weighted by Gasteiger charge is -2.07. The molecule has 0 fully saturated rings. The Morgan fingerprint density at radius 3 is 2.78 bits per heavy atom. The van der Waals surface area contributed by atoms with E-state index in [9.17, 15) is 0 Å². The summed E-state index contributed by atoms with van der Waals surface area (Å²) in [6, 6.07) is 17.5. The second-order valence-electron chi connectivity index (χ2n) is 5.94. The first-order valence-electron chi connectivity index (χ1n) is 8.45. The van der Waals surface area contributed by atoms with Crippen LogP contribution in [0, 0.1) is 0 Å². The second kappa shape index (κ2) is 7.28. The molecule has 2 heterocycles. The van der Waals surface area contributed by atoms with Gasteiger partial charge in [-0.3, -0.25) is 0 Å². The van der Waals surface area contributed by atoms with Crippen molar-refractivity contribution in [2.75, 3.05) is 12.4 Å². The van der Waals surface area contributed by atoms with Gasteiger partial charge in [0, 0.05) is 5.56 Å². The van der Waals surface area contributed by atoms with Crippen LogP contribution in [-0.4, -0.2) is 32.2 Å². The average molecular weight is 362 g/mol. The van der Waals surface area contributed by atoms with Gasteiger partial charge in [0.1, 0.15) is 11.4 Å². The Hall–Kier alpha value is -3.68. The van der Waals surface area contributed by atoms with E-state index in [2.05, 4.69) is 25.8 Å². The van der Waals surface area contributed by atoms with Gasteiger partial charge in [0.15, 0.2) is 0 Å². The van der Waals surface area contributed by atoms with Crippen molar-refractivity contribution in [1.82, 2.24) is 25.1 Å². The standard InChI is InChI=1S/C19H18N6O2/c1-13(17-12-25(24-22-17)15-8-4-3-5-9-15)20-19-21-18(23-27-19)14-7-6-10-16(11-14)26-2/h3-13H,1-2H3,(H,20,21,23). The summed E-state index contributed by atoms with van der Waals surface area (Å²) in [7, 11) is 1.62. The van der Waals surface area contributed by atoms with Gasteiger partial charge in [-0.2, -0.15) is 4.98 Å². The van der Waals surface area contributed by atoms with E-state index in [1.54, 1.807) is 11.8 Å². The molecule has 1 unspecified atom stereocenters. The molecule has 0 bridgehead atoms. The Kier molecular flexibility index (Phi) is 4.52. The first-order valence-corrected chi connectivity index (χ1v) is 8.45. The van der Waals surface area contributed by atoms with Crippen molar-refractivity contribution in [2.24, 2.45) is 0 Å². The number of para-hydroxylation sites is 1. The summed E-state index contributed by atoms with van der Waals surface area (Å²) in [4.78, 5) is 4.39. The lowest BCUT2D eigenvalue weighted by atomic mass is 10.2. The number of methoxy groups -OCH3 is 1. The fourth-order valence-corrected chi connectivity index (χ4v) is 2.60. The Labute approximate surface area is 155 Å². The molecule has 2 aromatic heterocycles. The van der Waals surface area contributed by atoms with Crippen LogP contribution in [0.5, 0.6) is 5.75 Å². The molecular weight excluding hydrogens is 344 g/mol. The Morgan fingerprint density at radius 1 is 1.11 bits per heavy atom. The molecule has 8 heteroatoms. The third kappa shape index (κ3) is 3.64. The van der Waals surface area contributed by atoms with Gasteiger partial charge < -0.3 is 14.6 Å². The van der Waals surface area contributed by atoms with Gasteiger partial charge in [0.05, 0.1) is 25.0 Å². The van der Waals surface area contributed by atoms with E-state index in [1.165, 1.54) is 0 Å². The highest BCUT2D eigenvalue weighted by atomic mass is 16.5. The van der Waals surface area contributed by atoms with Gasteiger partial charge in [-0.25, -0.2) is 4.68 Å². The van der Waals surface area contributed by atoms with E-state index in [1.807, 2.05) is 67.7 Å². The van der Waals surface area contributed by atoms with E-state index < -0.39 is 0 Å². The zero-order chi connectivity index (χ0) is 18.6. The molecule has 27 heavy (non-hydrogen) atoms. The highest BCUT2D eigenvalue weighted by molar-refractivity contribution is 5.58. The molecule has 0 aliphatic rings. The van der Waals surface area contributed by atoms with Crippen molar-refractivity contribution >= 4 is 6.01 Å².